The second kappa shape index (κ2) is 10.2. The third-order valence-corrected chi connectivity index (χ3v) is 6.95. The van der Waals surface area contributed by atoms with Gasteiger partial charge in [-0.3, -0.25) is 9.78 Å². The van der Waals surface area contributed by atoms with Crippen LogP contribution < -0.4 is 16.4 Å². The Morgan fingerprint density at radius 2 is 1.92 bits per heavy atom. The minimum Gasteiger partial charge on any atom is -0.383 e. The first-order valence-electron chi connectivity index (χ1n) is 11.5. The van der Waals surface area contributed by atoms with Crippen LogP contribution in [0.15, 0.2) is 61.3 Å². The maximum Gasteiger partial charge on any atom is 0.274 e. The molecule has 0 spiro atoms. The van der Waals surface area contributed by atoms with Crippen molar-refractivity contribution in [1.29, 1.82) is 0 Å². The van der Waals surface area contributed by atoms with Gasteiger partial charge in [0, 0.05) is 22.7 Å². The van der Waals surface area contributed by atoms with Gasteiger partial charge >= 0.3 is 0 Å². The van der Waals surface area contributed by atoms with Crippen LogP contribution in [-0.4, -0.2) is 30.8 Å². The molecule has 0 aliphatic carbocycles. The van der Waals surface area contributed by atoms with Crippen molar-refractivity contribution in [2.45, 2.75) is 26.4 Å². The van der Waals surface area contributed by atoms with Gasteiger partial charge in [-0.05, 0) is 49.2 Å². The number of pyridine rings is 1. The highest BCUT2D eigenvalue weighted by molar-refractivity contribution is 7.15. The summed E-state index contributed by atoms with van der Waals surface area (Å²) in [6, 6.07) is 10.3. The summed E-state index contributed by atoms with van der Waals surface area (Å²) in [6.45, 7) is 3.96. The second-order valence-corrected chi connectivity index (χ2v) is 9.59. The third kappa shape index (κ3) is 5.21. The van der Waals surface area contributed by atoms with Crippen molar-refractivity contribution in [1.82, 2.24) is 30.2 Å². The Hall–Kier alpha value is -4.51. The lowest BCUT2D eigenvalue weighted by Crippen LogP contribution is -2.28. The molecule has 1 aromatic carbocycles. The Labute approximate surface area is 216 Å². The quantitative estimate of drug-likeness (QED) is 0.285. The van der Waals surface area contributed by atoms with E-state index in [0.717, 1.165) is 26.4 Å². The molecule has 4 heterocycles. The molecule has 4 N–H and O–H groups in total. The number of fused-ring (bicyclic) bond motifs is 1. The van der Waals surface area contributed by atoms with Crippen LogP contribution in [-0.2, 0) is 6.54 Å². The van der Waals surface area contributed by atoms with Crippen LogP contribution in [0.5, 0.6) is 0 Å². The minimum absolute atomic E-state index is 0.177. The molecule has 5 rings (SSSR count). The molecular formula is C26H23FN8OS. The number of halogens is 1. The Morgan fingerprint density at radius 3 is 2.76 bits per heavy atom. The number of nitrogens with zero attached hydrogens (tertiary/aromatic N) is 5. The van der Waals surface area contributed by atoms with Crippen LogP contribution in [0.3, 0.4) is 0 Å². The lowest BCUT2D eigenvalue weighted by atomic mass is 10.1. The highest BCUT2D eigenvalue weighted by atomic mass is 32.1. The lowest BCUT2D eigenvalue weighted by molar-refractivity contribution is 0.0935. The summed E-state index contributed by atoms with van der Waals surface area (Å²) in [5.41, 5.74) is 8.94. The molecule has 0 fully saturated rings. The number of aryl methyl sites for hydroxylation is 1. The number of aromatic nitrogens is 5. The van der Waals surface area contributed by atoms with E-state index in [0.29, 0.717) is 29.3 Å². The standard InChI is InChI=1S/C26H23FN8OS/c1-14-9-16(3-5-19(14)27)15(2)35-26(36)23-25(30-8-7-29-23)32-11-17-4-6-22(37-17)20-10-18-21(12-31-20)33-13-34-24(18)28/h3-10,12-13,15H,11H2,1-2H3,(H,30,32)(H,35,36)(H2,28,33,34)/t15-/m0/s1. The third-order valence-electron chi connectivity index (χ3n) is 5.84. The second-order valence-electron chi connectivity index (χ2n) is 8.42. The number of nitrogens with two attached hydrogens (primary N) is 1. The van der Waals surface area contributed by atoms with Crippen molar-refractivity contribution in [3.8, 4) is 10.6 Å². The number of nitrogens with one attached hydrogen (secondary N) is 2. The highest BCUT2D eigenvalue weighted by Crippen LogP contribution is 2.30. The number of hydrogen-bond donors (Lipinski definition) is 3. The first-order valence-corrected chi connectivity index (χ1v) is 12.3. The molecule has 37 heavy (non-hydrogen) atoms. The van der Waals surface area contributed by atoms with Crippen molar-refractivity contribution in [2.24, 2.45) is 0 Å². The van der Waals surface area contributed by atoms with Crippen molar-refractivity contribution < 1.29 is 9.18 Å². The SMILES string of the molecule is Cc1cc([C@H](C)NC(=O)c2nccnc2NCc2ccc(-c3cc4c(N)ncnc4cn3)s2)ccc1F. The van der Waals surface area contributed by atoms with Gasteiger partial charge in [0.25, 0.3) is 5.91 Å². The fourth-order valence-corrected chi connectivity index (χ4v) is 4.73. The molecule has 4 aromatic heterocycles. The van der Waals surface area contributed by atoms with Gasteiger partial charge in [-0.25, -0.2) is 24.3 Å². The summed E-state index contributed by atoms with van der Waals surface area (Å²) >= 11 is 1.56. The molecule has 0 saturated carbocycles. The summed E-state index contributed by atoms with van der Waals surface area (Å²) in [5, 5.41) is 6.87. The van der Waals surface area contributed by atoms with Gasteiger partial charge in [0.2, 0.25) is 0 Å². The van der Waals surface area contributed by atoms with E-state index in [1.54, 1.807) is 36.6 Å². The molecule has 1 atom stereocenters. The van der Waals surface area contributed by atoms with Gasteiger partial charge in [0.05, 0.1) is 34.9 Å². The zero-order valence-electron chi connectivity index (χ0n) is 20.1. The zero-order valence-corrected chi connectivity index (χ0v) is 20.9. The van der Waals surface area contributed by atoms with Gasteiger partial charge in [-0.15, -0.1) is 11.3 Å². The summed E-state index contributed by atoms with van der Waals surface area (Å²) in [4.78, 5) is 36.2. The Bertz CT molecular complexity index is 1610. The molecule has 1 amide bonds. The smallest absolute Gasteiger partial charge is 0.274 e. The maximum atomic E-state index is 13.6. The largest absolute Gasteiger partial charge is 0.383 e. The number of benzene rings is 1. The van der Waals surface area contributed by atoms with Crippen molar-refractivity contribution in [2.75, 3.05) is 11.1 Å². The average Bonchev–Trinajstić information content (AvgIpc) is 3.38. The topological polar surface area (TPSA) is 132 Å². The van der Waals surface area contributed by atoms with E-state index in [1.165, 1.54) is 24.8 Å². The molecule has 0 unspecified atom stereocenters. The molecule has 5 aromatic rings. The van der Waals surface area contributed by atoms with Crippen molar-refractivity contribution >= 4 is 39.8 Å². The number of amides is 1. The van der Waals surface area contributed by atoms with E-state index >= 15 is 0 Å². The fourth-order valence-electron chi connectivity index (χ4n) is 3.81. The number of thiophene rings is 1. The van der Waals surface area contributed by atoms with E-state index in [9.17, 15) is 9.18 Å². The van der Waals surface area contributed by atoms with E-state index in [-0.39, 0.29) is 23.5 Å². The Morgan fingerprint density at radius 1 is 1.08 bits per heavy atom. The number of hydrogen-bond acceptors (Lipinski definition) is 9. The van der Waals surface area contributed by atoms with E-state index < -0.39 is 0 Å². The highest BCUT2D eigenvalue weighted by Gasteiger charge is 2.18. The molecule has 0 aliphatic heterocycles. The molecule has 186 valence electrons. The molecule has 0 radical (unpaired) electrons. The molecule has 9 nitrogen and oxygen atoms in total. The summed E-state index contributed by atoms with van der Waals surface area (Å²) in [6.07, 6.45) is 6.09. The zero-order chi connectivity index (χ0) is 25.9. The Kier molecular flexibility index (Phi) is 6.69. The van der Waals surface area contributed by atoms with E-state index in [4.69, 9.17) is 5.73 Å². The van der Waals surface area contributed by atoms with Crippen LogP contribution in [0.25, 0.3) is 21.5 Å². The van der Waals surface area contributed by atoms with Crippen molar-refractivity contribution in [3.63, 3.8) is 0 Å². The summed E-state index contributed by atoms with van der Waals surface area (Å²) in [7, 11) is 0. The maximum absolute atomic E-state index is 13.6. The van der Waals surface area contributed by atoms with Crippen LogP contribution in [0, 0.1) is 12.7 Å². The summed E-state index contributed by atoms with van der Waals surface area (Å²) in [5.74, 6) is 0.113. The Balaban J connectivity index is 1.28. The molecular weight excluding hydrogens is 491 g/mol. The monoisotopic (exact) mass is 514 g/mol. The predicted molar refractivity (Wildman–Crippen MR) is 141 cm³/mol. The minimum atomic E-state index is -0.378. The molecule has 11 heteroatoms. The number of anilines is 2. The number of carbonyl (C=O) groups excluding carboxylic acids is 1. The predicted octanol–water partition coefficient (Wildman–Crippen LogP) is 4.68. The van der Waals surface area contributed by atoms with Gasteiger partial charge < -0.3 is 16.4 Å². The molecule has 0 aliphatic rings. The number of rotatable bonds is 7. The van der Waals surface area contributed by atoms with Gasteiger partial charge in [-0.2, -0.15) is 0 Å². The average molecular weight is 515 g/mol. The fraction of sp³-hybridized carbons (Fsp3) is 0.154. The normalized spacial score (nSPS) is 11.9. The lowest BCUT2D eigenvalue weighted by Gasteiger charge is -2.16. The van der Waals surface area contributed by atoms with Crippen LogP contribution in [0.2, 0.25) is 0 Å². The van der Waals surface area contributed by atoms with Gasteiger partial charge in [0.1, 0.15) is 18.0 Å². The first kappa shape index (κ1) is 24.2. The number of carbonyl (C=O) groups is 1. The molecule has 0 saturated heterocycles. The summed E-state index contributed by atoms with van der Waals surface area (Å²) < 4.78 is 13.6. The van der Waals surface area contributed by atoms with Gasteiger partial charge in [-0.1, -0.05) is 12.1 Å². The van der Waals surface area contributed by atoms with Crippen LogP contribution in [0.4, 0.5) is 16.0 Å². The van der Waals surface area contributed by atoms with Gasteiger partial charge in [0.15, 0.2) is 11.5 Å². The molecule has 0 bridgehead atoms. The van der Waals surface area contributed by atoms with E-state index in [2.05, 4.69) is 35.6 Å². The van der Waals surface area contributed by atoms with E-state index in [1.807, 2.05) is 25.1 Å². The van der Waals surface area contributed by atoms with Crippen LogP contribution in [0.1, 0.15) is 39.5 Å². The van der Waals surface area contributed by atoms with Crippen LogP contribution >= 0.6 is 11.3 Å². The first-order chi connectivity index (χ1) is 17.9. The number of nitrogen functional groups attached to an aromatic ring is 1. The van der Waals surface area contributed by atoms with Crippen molar-refractivity contribution in [3.05, 3.63) is 88.8 Å².